The van der Waals surface area contributed by atoms with Crippen LogP contribution in [0, 0.1) is 21.4 Å². The Bertz CT molecular complexity index is 729. The third kappa shape index (κ3) is 1.73. The first-order chi connectivity index (χ1) is 8.04. The normalized spacial score (nSPS) is 10.1. The van der Waals surface area contributed by atoms with Crippen LogP contribution in [0.3, 0.4) is 0 Å². The maximum atomic E-state index is 11.7. The molecule has 0 radical (unpaired) electrons. The molecule has 0 aliphatic carbocycles. The Morgan fingerprint density at radius 2 is 2.18 bits per heavy atom. The summed E-state index contributed by atoms with van der Waals surface area (Å²) in [6.07, 6.45) is 0.975. The van der Waals surface area contributed by atoms with Crippen molar-refractivity contribution >= 4 is 28.3 Å². The summed E-state index contributed by atoms with van der Waals surface area (Å²) in [6.45, 7) is 0. The second-order valence-electron chi connectivity index (χ2n) is 3.15. The topological polar surface area (TPSA) is 97.1 Å². The standard InChI is InChI=1S/C10H3ClN2O4/c11-8-2-6(13(15)16)1-7-9(14)5(3-12)4-17-10(7)8/h1-2,4H. The summed E-state index contributed by atoms with van der Waals surface area (Å²) < 4.78 is 5.00. The Morgan fingerprint density at radius 1 is 1.47 bits per heavy atom. The molecule has 2 aromatic rings. The third-order valence-corrected chi connectivity index (χ3v) is 2.42. The van der Waals surface area contributed by atoms with Gasteiger partial charge in [-0.15, -0.1) is 0 Å². The number of benzene rings is 1. The minimum absolute atomic E-state index is 0.0290. The molecule has 7 heteroatoms. The van der Waals surface area contributed by atoms with Crippen LogP contribution in [0.2, 0.25) is 5.02 Å². The van der Waals surface area contributed by atoms with E-state index in [4.69, 9.17) is 21.3 Å². The maximum absolute atomic E-state index is 11.7. The summed E-state index contributed by atoms with van der Waals surface area (Å²) in [5.74, 6) is 0. The van der Waals surface area contributed by atoms with Crippen LogP contribution in [0.4, 0.5) is 5.69 Å². The molecule has 0 saturated carbocycles. The highest BCUT2D eigenvalue weighted by molar-refractivity contribution is 6.35. The number of nitro benzene ring substituents is 1. The summed E-state index contributed by atoms with van der Waals surface area (Å²) in [6, 6.07) is 3.75. The van der Waals surface area contributed by atoms with E-state index in [0.717, 1.165) is 18.4 Å². The lowest BCUT2D eigenvalue weighted by Crippen LogP contribution is -2.06. The van der Waals surface area contributed by atoms with Crippen LogP contribution < -0.4 is 5.43 Å². The van der Waals surface area contributed by atoms with E-state index in [2.05, 4.69) is 0 Å². The molecule has 1 aromatic carbocycles. The zero-order chi connectivity index (χ0) is 12.6. The van der Waals surface area contributed by atoms with Gasteiger partial charge in [0.05, 0.1) is 15.3 Å². The Labute approximate surface area is 98.8 Å². The molecule has 1 heterocycles. The number of fused-ring (bicyclic) bond motifs is 1. The molecular weight excluding hydrogens is 248 g/mol. The maximum Gasteiger partial charge on any atom is 0.271 e. The smallest absolute Gasteiger partial charge is 0.271 e. The van der Waals surface area contributed by atoms with Crippen LogP contribution in [0.25, 0.3) is 11.0 Å². The van der Waals surface area contributed by atoms with E-state index in [-0.39, 0.29) is 27.2 Å². The molecule has 0 bridgehead atoms. The zero-order valence-corrected chi connectivity index (χ0v) is 8.89. The monoisotopic (exact) mass is 250 g/mol. The minimum Gasteiger partial charge on any atom is -0.461 e. The van der Waals surface area contributed by atoms with E-state index in [1.165, 1.54) is 0 Å². The van der Waals surface area contributed by atoms with Gasteiger partial charge in [0.15, 0.2) is 5.58 Å². The molecule has 0 aliphatic heterocycles. The molecular formula is C10H3ClN2O4. The van der Waals surface area contributed by atoms with Crippen molar-refractivity contribution in [1.29, 1.82) is 5.26 Å². The second-order valence-corrected chi connectivity index (χ2v) is 3.56. The van der Waals surface area contributed by atoms with Gasteiger partial charge in [-0.1, -0.05) is 11.6 Å². The molecule has 0 unspecified atom stereocenters. The lowest BCUT2D eigenvalue weighted by atomic mass is 10.1. The average molecular weight is 251 g/mol. The number of nitro groups is 1. The van der Waals surface area contributed by atoms with Crippen molar-refractivity contribution in [3.63, 3.8) is 0 Å². The number of hydrogen-bond acceptors (Lipinski definition) is 5. The highest BCUT2D eigenvalue weighted by Crippen LogP contribution is 2.27. The molecule has 0 N–H and O–H groups in total. The van der Waals surface area contributed by atoms with E-state index in [9.17, 15) is 14.9 Å². The first-order valence-corrected chi connectivity index (χ1v) is 4.72. The van der Waals surface area contributed by atoms with E-state index < -0.39 is 10.4 Å². The van der Waals surface area contributed by atoms with Gasteiger partial charge in [0.1, 0.15) is 17.9 Å². The Morgan fingerprint density at radius 3 is 2.76 bits per heavy atom. The van der Waals surface area contributed by atoms with Crippen LogP contribution in [0.1, 0.15) is 5.56 Å². The van der Waals surface area contributed by atoms with Gasteiger partial charge in [-0.2, -0.15) is 5.26 Å². The summed E-state index contributed by atoms with van der Waals surface area (Å²) in [5.41, 5.74) is -1.17. The number of non-ortho nitro benzene ring substituents is 1. The fraction of sp³-hybridized carbons (Fsp3) is 0. The van der Waals surface area contributed by atoms with Crippen LogP contribution in [0.15, 0.2) is 27.6 Å². The van der Waals surface area contributed by atoms with Crippen LogP contribution in [-0.4, -0.2) is 4.92 Å². The fourth-order valence-corrected chi connectivity index (χ4v) is 1.62. The van der Waals surface area contributed by atoms with E-state index in [1.807, 2.05) is 0 Å². The first kappa shape index (κ1) is 11.1. The Balaban J connectivity index is 2.95. The van der Waals surface area contributed by atoms with Crippen molar-refractivity contribution < 1.29 is 9.34 Å². The molecule has 0 aliphatic rings. The largest absolute Gasteiger partial charge is 0.461 e. The van der Waals surface area contributed by atoms with Gasteiger partial charge in [0, 0.05) is 12.1 Å². The van der Waals surface area contributed by atoms with E-state index >= 15 is 0 Å². The van der Waals surface area contributed by atoms with Crippen molar-refractivity contribution in [2.45, 2.75) is 0 Å². The minimum atomic E-state index is -0.677. The molecule has 0 atom stereocenters. The van der Waals surface area contributed by atoms with Gasteiger partial charge in [0.25, 0.3) is 5.69 Å². The molecule has 0 saturated heterocycles. The lowest BCUT2D eigenvalue weighted by Gasteiger charge is -1.99. The van der Waals surface area contributed by atoms with Gasteiger partial charge >= 0.3 is 0 Å². The molecule has 1 aromatic heterocycles. The predicted molar refractivity (Wildman–Crippen MR) is 58.9 cm³/mol. The molecule has 0 spiro atoms. The molecule has 84 valence electrons. The van der Waals surface area contributed by atoms with Gasteiger partial charge in [0.2, 0.25) is 5.43 Å². The van der Waals surface area contributed by atoms with Crippen LogP contribution >= 0.6 is 11.6 Å². The lowest BCUT2D eigenvalue weighted by molar-refractivity contribution is -0.384. The molecule has 0 amide bonds. The number of nitriles is 1. The number of rotatable bonds is 1. The van der Waals surface area contributed by atoms with Crippen LogP contribution in [0.5, 0.6) is 0 Å². The number of halogens is 1. The van der Waals surface area contributed by atoms with Crippen molar-refractivity contribution in [2.24, 2.45) is 0 Å². The fourth-order valence-electron chi connectivity index (χ4n) is 1.37. The Hall–Kier alpha value is -2.39. The second kappa shape index (κ2) is 3.88. The zero-order valence-electron chi connectivity index (χ0n) is 8.14. The summed E-state index contributed by atoms with van der Waals surface area (Å²) in [4.78, 5) is 21.7. The number of hydrogen-bond donors (Lipinski definition) is 0. The highest BCUT2D eigenvalue weighted by Gasteiger charge is 2.15. The van der Waals surface area contributed by atoms with E-state index in [0.29, 0.717) is 0 Å². The molecule has 17 heavy (non-hydrogen) atoms. The summed E-state index contributed by atoms with van der Waals surface area (Å²) in [7, 11) is 0. The number of nitrogens with zero attached hydrogens (tertiary/aromatic N) is 2. The van der Waals surface area contributed by atoms with Gasteiger partial charge in [-0.25, -0.2) is 0 Å². The van der Waals surface area contributed by atoms with Crippen molar-refractivity contribution in [1.82, 2.24) is 0 Å². The molecule has 0 fully saturated rings. The van der Waals surface area contributed by atoms with Gasteiger partial charge in [-0.3, -0.25) is 14.9 Å². The SMILES string of the molecule is N#Cc1coc2c(Cl)cc([N+](=O)[O-])cc2c1=O. The van der Waals surface area contributed by atoms with Gasteiger partial charge < -0.3 is 4.42 Å². The third-order valence-electron chi connectivity index (χ3n) is 2.14. The summed E-state index contributed by atoms with van der Waals surface area (Å²) >= 11 is 5.75. The van der Waals surface area contributed by atoms with E-state index in [1.54, 1.807) is 6.07 Å². The predicted octanol–water partition coefficient (Wildman–Crippen LogP) is 2.23. The highest BCUT2D eigenvalue weighted by atomic mass is 35.5. The quantitative estimate of drug-likeness (QED) is 0.571. The van der Waals surface area contributed by atoms with Crippen molar-refractivity contribution in [2.75, 3.05) is 0 Å². The summed E-state index contributed by atoms with van der Waals surface area (Å²) in [5, 5.41) is 19.1. The van der Waals surface area contributed by atoms with Crippen molar-refractivity contribution in [3.8, 4) is 6.07 Å². The van der Waals surface area contributed by atoms with Gasteiger partial charge in [-0.05, 0) is 0 Å². The first-order valence-electron chi connectivity index (χ1n) is 4.34. The molecule has 2 rings (SSSR count). The average Bonchev–Trinajstić information content (AvgIpc) is 2.30. The van der Waals surface area contributed by atoms with Crippen LogP contribution in [-0.2, 0) is 0 Å². The molecule has 6 nitrogen and oxygen atoms in total. The Kier molecular flexibility index (Phi) is 2.54. The van der Waals surface area contributed by atoms with Crippen molar-refractivity contribution in [3.05, 3.63) is 49.3 Å².